The molecular formula is C42H72O13. The van der Waals surface area contributed by atoms with Gasteiger partial charge in [-0.05, 0) is 124 Å². The zero-order valence-electron chi connectivity index (χ0n) is 34.4. The van der Waals surface area contributed by atoms with Gasteiger partial charge in [0.05, 0.1) is 36.6 Å². The quantitative estimate of drug-likeness (QED) is 0.153. The smallest absolute Gasteiger partial charge is 0.187 e. The van der Waals surface area contributed by atoms with Crippen LogP contribution in [0, 0.1) is 45.3 Å². The maximum absolute atomic E-state index is 12.5. The Morgan fingerprint density at radius 1 is 0.800 bits per heavy atom. The molecule has 0 bridgehead atoms. The van der Waals surface area contributed by atoms with Gasteiger partial charge < -0.3 is 64.9 Å². The number of hydrogen-bond donors (Lipinski definition) is 9. The van der Waals surface area contributed by atoms with Gasteiger partial charge in [0.2, 0.25) is 0 Å². The third kappa shape index (κ3) is 7.00. The minimum atomic E-state index is -1.69. The minimum absolute atomic E-state index is 0.104. The molecular weight excluding hydrogens is 712 g/mol. The van der Waals surface area contributed by atoms with Crippen LogP contribution in [0.5, 0.6) is 0 Å². The summed E-state index contributed by atoms with van der Waals surface area (Å²) in [5, 5.41) is 100. The predicted octanol–water partition coefficient (Wildman–Crippen LogP) is 2.15. The molecule has 4 saturated carbocycles. The normalized spacial score (nSPS) is 53.4. The molecule has 21 atom stereocenters. The first-order valence-corrected chi connectivity index (χ1v) is 20.8. The van der Waals surface area contributed by atoms with Crippen LogP contribution in [0.3, 0.4) is 0 Å². The number of ether oxygens (including phenoxy) is 4. The summed E-state index contributed by atoms with van der Waals surface area (Å²) in [6.45, 7) is 17.9. The molecule has 2 saturated heterocycles. The lowest BCUT2D eigenvalue weighted by Crippen LogP contribution is -2.70. The molecule has 2 heterocycles. The van der Waals surface area contributed by atoms with Crippen LogP contribution >= 0.6 is 0 Å². The van der Waals surface area contributed by atoms with E-state index in [0.29, 0.717) is 38.5 Å². The average molecular weight is 785 g/mol. The van der Waals surface area contributed by atoms with Gasteiger partial charge in [-0.3, -0.25) is 0 Å². The molecule has 4 aliphatic carbocycles. The van der Waals surface area contributed by atoms with Crippen LogP contribution in [0.15, 0.2) is 11.6 Å². The lowest BCUT2D eigenvalue weighted by molar-refractivity contribution is -0.380. The molecule has 6 aliphatic rings. The van der Waals surface area contributed by atoms with Crippen LogP contribution in [0.2, 0.25) is 0 Å². The fourth-order valence-electron chi connectivity index (χ4n) is 13.4. The highest BCUT2D eigenvalue weighted by Crippen LogP contribution is 2.76. The van der Waals surface area contributed by atoms with Crippen molar-refractivity contribution in [3.8, 4) is 0 Å². The maximum atomic E-state index is 12.5. The molecule has 2 aliphatic heterocycles. The van der Waals surface area contributed by atoms with Gasteiger partial charge in [0.25, 0.3) is 0 Å². The standard InChI is InChI=1S/C42H72O13/c1-20(2)11-10-14-42(9,55-37-34(32(50)30(48)25(19-43)53-37)54-36-33(51)31(49)29(47)21(3)52-36)22-12-16-40(7)28(22)23(44)17-26-39(6)15-13-27(46)38(4,5)35(39)24(45)18-41(26,40)8/h11,21-37,43-51H,10,12-19H2,1-9H3/t21-,22?,23+,24-,25+,26?,27-,28?,29-,30+,31+,32-,33+,34+,35?,36-,37-,39+,40+,41+,42-/m0/s1. The van der Waals surface area contributed by atoms with E-state index in [-0.39, 0.29) is 34.5 Å². The number of fused-ring (bicyclic) bond motifs is 5. The number of aliphatic hydroxyl groups is 9. The topological polar surface area (TPSA) is 219 Å². The van der Waals surface area contributed by atoms with Crippen molar-refractivity contribution in [1.82, 2.24) is 0 Å². The van der Waals surface area contributed by atoms with Gasteiger partial charge in [-0.2, -0.15) is 0 Å². The molecule has 4 unspecified atom stereocenters. The Labute approximate surface area is 327 Å². The third-order valence-electron chi connectivity index (χ3n) is 16.5. The molecule has 0 spiro atoms. The monoisotopic (exact) mass is 784 g/mol. The Morgan fingerprint density at radius 2 is 1.47 bits per heavy atom. The van der Waals surface area contributed by atoms with Crippen molar-refractivity contribution in [3.05, 3.63) is 11.6 Å². The highest BCUT2D eigenvalue weighted by molar-refractivity contribution is 5.22. The van der Waals surface area contributed by atoms with E-state index >= 15 is 0 Å². The molecule has 0 aromatic carbocycles. The molecule has 318 valence electrons. The summed E-state index contributed by atoms with van der Waals surface area (Å²) < 4.78 is 25.1. The van der Waals surface area contributed by atoms with E-state index in [0.717, 1.165) is 18.4 Å². The second kappa shape index (κ2) is 15.4. The van der Waals surface area contributed by atoms with Crippen molar-refractivity contribution in [1.29, 1.82) is 0 Å². The SMILES string of the molecule is CC(C)=CCC[C@](C)(O[C@@H]1O[C@H](CO)[C@@H](O)[C@H](O)[C@H]1O[C@@H]1O[C@@H](C)[C@H](O)[C@@H](O)[C@H]1O)C1CC[C@]2(C)C1[C@H](O)CC1[C@@]3(C)CC[C@H](O)C(C)(C)C3[C@@H](O)C[C@]12C. The summed E-state index contributed by atoms with van der Waals surface area (Å²) in [5.41, 5.74) is -1.42. The molecule has 0 amide bonds. The summed E-state index contributed by atoms with van der Waals surface area (Å²) in [4.78, 5) is 0. The van der Waals surface area contributed by atoms with Crippen molar-refractivity contribution < 1.29 is 64.9 Å². The van der Waals surface area contributed by atoms with Gasteiger partial charge in [0.15, 0.2) is 12.6 Å². The largest absolute Gasteiger partial charge is 0.394 e. The van der Waals surface area contributed by atoms with Gasteiger partial charge in [-0.15, -0.1) is 0 Å². The van der Waals surface area contributed by atoms with E-state index in [9.17, 15) is 46.0 Å². The second-order valence-corrected chi connectivity index (χ2v) is 20.2. The van der Waals surface area contributed by atoms with Gasteiger partial charge in [0, 0.05) is 0 Å². The van der Waals surface area contributed by atoms with E-state index in [2.05, 4.69) is 40.7 Å². The molecule has 55 heavy (non-hydrogen) atoms. The molecule has 0 aromatic heterocycles. The summed E-state index contributed by atoms with van der Waals surface area (Å²) in [7, 11) is 0. The summed E-state index contributed by atoms with van der Waals surface area (Å²) in [6.07, 6.45) is -8.99. The van der Waals surface area contributed by atoms with Crippen molar-refractivity contribution in [2.24, 2.45) is 45.3 Å². The molecule has 6 rings (SSSR count). The third-order valence-corrected chi connectivity index (χ3v) is 16.5. The fraction of sp³-hybridized carbons (Fsp3) is 0.952. The lowest BCUT2D eigenvalue weighted by Gasteiger charge is -2.71. The highest BCUT2D eigenvalue weighted by atomic mass is 16.8. The Balaban J connectivity index is 1.35. The average Bonchev–Trinajstić information content (AvgIpc) is 3.49. The predicted molar refractivity (Wildman–Crippen MR) is 201 cm³/mol. The van der Waals surface area contributed by atoms with Gasteiger partial charge in [0.1, 0.15) is 42.7 Å². The Hall–Kier alpha value is -0.780. The Morgan fingerprint density at radius 3 is 2.11 bits per heavy atom. The lowest BCUT2D eigenvalue weighted by atomic mass is 9.34. The van der Waals surface area contributed by atoms with Crippen molar-refractivity contribution in [2.75, 3.05) is 6.61 Å². The van der Waals surface area contributed by atoms with E-state index < -0.39 is 103 Å². The van der Waals surface area contributed by atoms with E-state index in [4.69, 9.17) is 18.9 Å². The van der Waals surface area contributed by atoms with Crippen molar-refractivity contribution in [3.63, 3.8) is 0 Å². The first kappa shape index (κ1) is 43.8. The van der Waals surface area contributed by atoms with E-state index in [1.54, 1.807) is 0 Å². The molecule has 6 fully saturated rings. The zero-order chi connectivity index (χ0) is 40.8. The van der Waals surface area contributed by atoms with Crippen LogP contribution in [-0.4, -0.2) is 138 Å². The number of hydrogen-bond acceptors (Lipinski definition) is 13. The molecule has 13 nitrogen and oxygen atoms in total. The molecule has 9 N–H and O–H groups in total. The van der Waals surface area contributed by atoms with Gasteiger partial charge in [-0.1, -0.05) is 46.3 Å². The summed E-state index contributed by atoms with van der Waals surface area (Å²) in [5.74, 6) is -0.483. The highest BCUT2D eigenvalue weighted by Gasteiger charge is 2.73. The Bertz CT molecular complexity index is 1390. The second-order valence-electron chi connectivity index (χ2n) is 20.2. The number of allylic oxidation sites excluding steroid dienone is 2. The van der Waals surface area contributed by atoms with Crippen molar-refractivity contribution in [2.45, 2.75) is 199 Å². The van der Waals surface area contributed by atoms with Crippen LogP contribution in [0.25, 0.3) is 0 Å². The van der Waals surface area contributed by atoms with Gasteiger partial charge in [-0.25, -0.2) is 0 Å². The number of aliphatic hydroxyl groups excluding tert-OH is 9. The zero-order valence-corrected chi connectivity index (χ0v) is 34.4. The van der Waals surface area contributed by atoms with Crippen LogP contribution < -0.4 is 0 Å². The first-order chi connectivity index (χ1) is 25.5. The van der Waals surface area contributed by atoms with E-state index in [1.165, 1.54) is 6.92 Å². The van der Waals surface area contributed by atoms with E-state index in [1.807, 2.05) is 20.8 Å². The molecule has 13 heteroatoms. The minimum Gasteiger partial charge on any atom is -0.394 e. The summed E-state index contributed by atoms with van der Waals surface area (Å²) >= 11 is 0. The maximum Gasteiger partial charge on any atom is 0.187 e. The summed E-state index contributed by atoms with van der Waals surface area (Å²) in [6, 6.07) is 0. The van der Waals surface area contributed by atoms with Crippen LogP contribution in [0.4, 0.5) is 0 Å². The Kier molecular flexibility index (Phi) is 12.2. The molecule has 0 radical (unpaired) electrons. The first-order valence-electron chi connectivity index (χ1n) is 20.8. The van der Waals surface area contributed by atoms with Crippen LogP contribution in [0.1, 0.15) is 114 Å². The molecule has 0 aromatic rings. The van der Waals surface area contributed by atoms with Gasteiger partial charge >= 0.3 is 0 Å². The van der Waals surface area contributed by atoms with Crippen molar-refractivity contribution >= 4 is 0 Å². The van der Waals surface area contributed by atoms with Crippen LogP contribution in [-0.2, 0) is 18.9 Å². The number of rotatable bonds is 9. The fourth-order valence-corrected chi connectivity index (χ4v) is 13.4.